The Kier molecular flexibility index (Phi) is 5.09. The topological polar surface area (TPSA) is 29.4 Å². The lowest BCUT2D eigenvalue weighted by Crippen LogP contribution is -1.85. The number of aliphatic imine (C=N–C) groups is 1. The van der Waals surface area contributed by atoms with Crippen molar-refractivity contribution >= 4 is 23.4 Å². The molecule has 0 atom stereocenters. The number of aryl methyl sites for hydroxylation is 1. The van der Waals surface area contributed by atoms with E-state index in [1.807, 2.05) is 12.1 Å². The Labute approximate surface area is 95.0 Å². The van der Waals surface area contributed by atoms with Crippen LogP contribution in [0.4, 0.5) is 5.69 Å². The minimum Gasteiger partial charge on any atom is -0.211 e. The molecular formula is C12H14ClNO. The van der Waals surface area contributed by atoms with E-state index in [2.05, 4.69) is 11.9 Å². The van der Waals surface area contributed by atoms with E-state index < -0.39 is 0 Å². The van der Waals surface area contributed by atoms with Crippen molar-refractivity contribution in [3.05, 3.63) is 28.8 Å². The number of rotatable bonds is 5. The molecule has 0 unspecified atom stereocenters. The van der Waals surface area contributed by atoms with Gasteiger partial charge < -0.3 is 0 Å². The molecule has 0 radical (unpaired) electrons. The fourth-order valence-corrected chi connectivity index (χ4v) is 1.67. The second-order valence-electron chi connectivity index (χ2n) is 3.45. The van der Waals surface area contributed by atoms with Crippen LogP contribution in [0.1, 0.15) is 31.7 Å². The number of isocyanates is 1. The Morgan fingerprint density at radius 2 is 2.20 bits per heavy atom. The molecule has 0 bridgehead atoms. The van der Waals surface area contributed by atoms with E-state index in [1.54, 1.807) is 6.07 Å². The predicted molar refractivity (Wildman–Crippen MR) is 62.5 cm³/mol. The first-order chi connectivity index (χ1) is 7.27. The van der Waals surface area contributed by atoms with Gasteiger partial charge >= 0.3 is 0 Å². The molecule has 0 saturated heterocycles. The van der Waals surface area contributed by atoms with E-state index in [0.717, 1.165) is 6.42 Å². The molecule has 3 heteroatoms. The third-order valence-electron chi connectivity index (χ3n) is 2.25. The molecule has 2 nitrogen and oxygen atoms in total. The Balaban J connectivity index is 2.69. The fourth-order valence-electron chi connectivity index (χ4n) is 1.42. The molecule has 0 spiro atoms. The van der Waals surface area contributed by atoms with Crippen LogP contribution in [-0.4, -0.2) is 6.08 Å². The third kappa shape index (κ3) is 3.86. The summed E-state index contributed by atoms with van der Waals surface area (Å²) in [5.41, 5.74) is 1.68. The minimum atomic E-state index is 0.492. The lowest BCUT2D eigenvalue weighted by Gasteiger charge is -2.02. The lowest BCUT2D eigenvalue weighted by molar-refractivity contribution is 0.565. The zero-order chi connectivity index (χ0) is 11.1. The van der Waals surface area contributed by atoms with Gasteiger partial charge in [0.2, 0.25) is 6.08 Å². The lowest BCUT2D eigenvalue weighted by atomic mass is 10.1. The summed E-state index contributed by atoms with van der Waals surface area (Å²) in [4.78, 5) is 13.6. The van der Waals surface area contributed by atoms with E-state index in [-0.39, 0.29) is 0 Å². The van der Waals surface area contributed by atoms with Gasteiger partial charge in [-0.15, -0.1) is 0 Å². The zero-order valence-electron chi connectivity index (χ0n) is 8.79. The summed E-state index contributed by atoms with van der Waals surface area (Å²) in [5.74, 6) is 0. The van der Waals surface area contributed by atoms with Gasteiger partial charge in [-0.1, -0.05) is 37.4 Å². The van der Waals surface area contributed by atoms with E-state index in [1.165, 1.54) is 30.9 Å². The average Bonchev–Trinajstić information content (AvgIpc) is 2.23. The van der Waals surface area contributed by atoms with Crippen LogP contribution in [0.25, 0.3) is 0 Å². The highest BCUT2D eigenvalue weighted by Gasteiger charge is 2.00. The van der Waals surface area contributed by atoms with Crippen LogP contribution in [-0.2, 0) is 11.2 Å². The Morgan fingerprint density at radius 1 is 1.40 bits per heavy atom. The maximum absolute atomic E-state index is 10.1. The molecule has 0 amide bonds. The third-order valence-corrected chi connectivity index (χ3v) is 2.55. The maximum atomic E-state index is 10.1. The largest absolute Gasteiger partial charge is 0.240 e. The number of halogens is 1. The summed E-state index contributed by atoms with van der Waals surface area (Å²) >= 11 is 5.95. The first kappa shape index (κ1) is 12.0. The molecule has 1 rings (SSSR count). The fraction of sp³-hybridized carbons (Fsp3) is 0.417. The summed E-state index contributed by atoms with van der Waals surface area (Å²) in [6.45, 7) is 2.18. The van der Waals surface area contributed by atoms with Gasteiger partial charge in [0.25, 0.3) is 0 Å². The molecule has 0 aromatic heterocycles. The Morgan fingerprint density at radius 3 is 2.80 bits per heavy atom. The SMILES string of the molecule is CCCCCc1ccc(N=C=O)c(Cl)c1. The number of carbonyl (C=O) groups excluding carboxylic acids is 1. The predicted octanol–water partition coefficient (Wildman–Crippen LogP) is 4.04. The summed E-state index contributed by atoms with van der Waals surface area (Å²) < 4.78 is 0. The van der Waals surface area contributed by atoms with Crippen LogP contribution in [0.2, 0.25) is 5.02 Å². The highest BCUT2D eigenvalue weighted by Crippen LogP contribution is 2.25. The van der Waals surface area contributed by atoms with Crippen LogP contribution in [0.15, 0.2) is 23.2 Å². The molecule has 1 aromatic rings. The van der Waals surface area contributed by atoms with Crippen molar-refractivity contribution < 1.29 is 4.79 Å². The molecule has 0 fully saturated rings. The molecule has 1 aromatic carbocycles. The molecule has 0 aliphatic rings. The van der Waals surface area contributed by atoms with Crippen molar-refractivity contribution in [2.24, 2.45) is 4.99 Å². The quantitative estimate of drug-likeness (QED) is 0.421. The van der Waals surface area contributed by atoms with Gasteiger partial charge in [-0.2, -0.15) is 4.99 Å². The van der Waals surface area contributed by atoms with E-state index >= 15 is 0 Å². The van der Waals surface area contributed by atoms with Crippen molar-refractivity contribution in [2.75, 3.05) is 0 Å². The molecule has 0 aliphatic carbocycles. The number of benzene rings is 1. The Bertz CT molecular complexity index is 370. The first-order valence-corrected chi connectivity index (χ1v) is 5.52. The smallest absolute Gasteiger partial charge is 0.211 e. The van der Waals surface area contributed by atoms with Crippen LogP contribution in [0, 0.1) is 0 Å². The van der Waals surface area contributed by atoms with Crippen molar-refractivity contribution in [2.45, 2.75) is 32.6 Å². The van der Waals surface area contributed by atoms with Crippen molar-refractivity contribution in [1.29, 1.82) is 0 Å². The molecule has 0 saturated carbocycles. The molecule has 80 valence electrons. The van der Waals surface area contributed by atoms with Crippen LogP contribution in [0.3, 0.4) is 0 Å². The van der Waals surface area contributed by atoms with E-state index in [9.17, 15) is 4.79 Å². The number of unbranched alkanes of at least 4 members (excludes halogenated alkanes) is 2. The van der Waals surface area contributed by atoms with Gasteiger partial charge in [0.1, 0.15) is 0 Å². The second-order valence-corrected chi connectivity index (χ2v) is 3.85. The molecular weight excluding hydrogens is 210 g/mol. The molecule has 15 heavy (non-hydrogen) atoms. The second kappa shape index (κ2) is 6.39. The summed E-state index contributed by atoms with van der Waals surface area (Å²) in [6.07, 6.45) is 6.12. The van der Waals surface area contributed by atoms with Crippen molar-refractivity contribution in [3.8, 4) is 0 Å². The maximum Gasteiger partial charge on any atom is 0.240 e. The van der Waals surface area contributed by atoms with Gasteiger partial charge in [0, 0.05) is 0 Å². The zero-order valence-corrected chi connectivity index (χ0v) is 9.55. The van der Waals surface area contributed by atoms with Crippen LogP contribution < -0.4 is 0 Å². The monoisotopic (exact) mass is 223 g/mol. The summed E-state index contributed by atoms with van der Waals surface area (Å²) in [7, 11) is 0. The number of hydrogen-bond donors (Lipinski definition) is 0. The number of nitrogens with zero attached hydrogens (tertiary/aromatic N) is 1. The van der Waals surface area contributed by atoms with E-state index in [0.29, 0.717) is 10.7 Å². The van der Waals surface area contributed by atoms with Crippen LogP contribution in [0.5, 0.6) is 0 Å². The van der Waals surface area contributed by atoms with Gasteiger partial charge in [-0.05, 0) is 30.5 Å². The highest BCUT2D eigenvalue weighted by molar-refractivity contribution is 6.33. The summed E-state index contributed by atoms with van der Waals surface area (Å²) in [5, 5.41) is 0.521. The molecule has 0 heterocycles. The van der Waals surface area contributed by atoms with Gasteiger partial charge in [0.05, 0.1) is 10.7 Å². The van der Waals surface area contributed by atoms with Gasteiger partial charge in [-0.25, -0.2) is 4.79 Å². The minimum absolute atomic E-state index is 0.492. The van der Waals surface area contributed by atoms with Gasteiger partial charge in [-0.3, -0.25) is 0 Å². The van der Waals surface area contributed by atoms with Gasteiger partial charge in [0.15, 0.2) is 0 Å². The highest BCUT2D eigenvalue weighted by atomic mass is 35.5. The molecule has 0 N–H and O–H groups in total. The normalized spacial score (nSPS) is 9.73. The molecule has 0 aliphatic heterocycles. The van der Waals surface area contributed by atoms with E-state index in [4.69, 9.17) is 11.6 Å². The standard InChI is InChI=1S/C12H14ClNO/c1-2-3-4-5-10-6-7-12(14-9-15)11(13)8-10/h6-8H,2-5H2,1H3. The van der Waals surface area contributed by atoms with Crippen molar-refractivity contribution in [1.82, 2.24) is 0 Å². The van der Waals surface area contributed by atoms with Crippen LogP contribution >= 0.6 is 11.6 Å². The Hall–Kier alpha value is -1.11. The average molecular weight is 224 g/mol. The summed E-state index contributed by atoms with van der Waals surface area (Å²) in [6, 6.07) is 5.58. The first-order valence-electron chi connectivity index (χ1n) is 5.14. The van der Waals surface area contributed by atoms with Crippen molar-refractivity contribution in [3.63, 3.8) is 0 Å². The number of hydrogen-bond acceptors (Lipinski definition) is 2.